The number of allylic oxidation sites excluding steroid dienone is 3. The number of nitrogens with zero attached hydrogens (tertiary/aromatic N) is 4. The van der Waals surface area contributed by atoms with Gasteiger partial charge in [0.15, 0.2) is 0 Å². The number of aliphatic imine (C=N–C) groups is 1. The third kappa shape index (κ3) is 6.24. The predicted octanol–water partition coefficient (Wildman–Crippen LogP) is 6.41. The molecule has 0 aliphatic carbocycles. The van der Waals surface area contributed by atoms with E-state index in [0.29, 0.717) is 29.5 Å². The first-order chi connectivity index (χ1) is 22.2. The van der Waals surface area contributed by atoms with Crippen molar-refractivity contribution in [3.8, 4) is 5.75 Å². The van der Waals surface area contributed by atoms with Gasteiger partial charge in [-0.15, -0.1) is 0 Å². The summed E-state index contributed by atoms with van der Waals surface area (Å²) in [7, 11) is 3.47. The lowest BCUT2D eigenvalue weighted by Crippen LogP contribution is -2.33. The number of methoxy groups -OCH3 is 1. The van der Waals surface area contributed by atoms with Gasteiger partial charge in [0.1, 0.15) is 18.1 Å². The minimum Gasteiger partial charge on any atom is -0.494 e. The van der Waals surface area contributed by atoms with Crippen molar-refractivity contribution in [3.05, 3.63) is 77.9 Å². The second-order valence-electron chi connectivity index (χ2n) is 11.6. The number of hydrogen-bond acceptors (Lipinski definition) is 7. The zero-order valence-electron chi connectivity index (χ0n) is 27.8. The maximum atomic E-state index is 12.8. The van der Waals surface area contributed by atoms with E-state index in [4.69, 9.17) is 9.73 Å². The number of ether oxygens (including phenoxy) is 1. The number of likely N-dealkylation sites (N-methyl/N-ethyl adjacent to an activating group) is 2. The molecule has 1 aromatic heterocycles. The van der Waals surface area contributed by atoms with Gasteiger partial charge >= 0.3 is 0 Å². The van der Waals surface area contributed by atoms with Crippen molar-refractivity contribution in [2.24, 2.45) is 4.99 Å². The fraction of sp³-hybridized carbons (Fsp3) is 0.361. The molecule has 2 aliphatic heterocycles. The van der Waals surface area contributed by atoms with Crippen molar-refractivity contribution < 1.29 is 14.3 Å². The SMILES string of the molecule is C=CC(=O)Nc1cc(NC(/N=C(\C(=C/C)NCC)c2cn3c4c(cccc24)N(C)C(=O)C3)=C(/C)CC)c(OC)cc1N1CCCC1. The molecule has 0 radical (unpaired) electrons. The number of anilines is 4. The average Bonchev–Trinajstić information content (AvgIpc) is 3.73. The van der Waals surface area contributed by atoms with E-state index < -0.39 is 0 Å². The van der Waals surface area contributed by atoms with Crippen molar-refractivity contribution in [2.45, 2.75) is 53.5 Å². The molecular formula is C36H45N7O3. The molecule has 1 fully saturated rings. The van der Waals surface area contributed by atoms with Crippen LogP contribution in [0, 0.1) is 0 Å². The number of rotatable bonds is 12. The molecule has 3 aromatic rings. The molecule has 1 saturated heterocycles. The second-order valence-corrected chi connectivity index (χ2v) is 11.6. The van der Waals surface area contributed by atoms with Crippen molar-refractivity contribution in [2.75, 3.05) is 54.2 Å². The lowest BCUT2D eigenvalue weighted by Gasteiger charge is -2.24. The largest absolute Gasteiger partial charge is 0.494 e. The minimum atomic E-state index is -0.280. The van der Waals surface area contributed by atoms with Crippen molar-refractivity contribution in [1.29, 1.82) is 0 Å². The summed E-state index contributed by atoms with van der Waals surface area (Å²) >= 11 is 0. The Morgan fingerprint density at radius 1 is 1.11 bits per heavy atom. The number of benzene rings is 2. The topological polar surface area (TPSA) is 103 Å². The van der Waals surface area contributed by atoms with Gasteiger partial charge in [-0.3, -0.25) is 9.59 Å². The number of aromatic nitrogens is 1. The van der Waals surface area contributed by atoms with Crippen LogP contribution in [0.15, 0.2) is 77.3 Å². The lowest BCUT2D eigenvalue weighted by atomic mass is 10.0. The fourth-order valence-electron chi connectivity index (χ4n) is 6.07. The van der Waals surface area contributed by atoms with Crippen LogP contribution in [-0.2, 0) is 16.1 Å². The normalized spacial score (nSPS) is 15.7. The molecular weight excluding hydrogens is 578 g/mol. The van der Waals surface area contributed by atoms with Gasteiger partial charge in [0.05, 0.1) is 46.8 Å². The van der Waals surface area contributed by atoms with E-state index in [9.17, 15) is 9.59 Å². The molecule has 2 aromatic carbocycles. The van der Waals surface area contributed by atoms with Gasteiger partial charge in [-0.1, -0.05) is 31.7 Å². The average molecular weight is 624 g/mol. The molecule has 2 amide bonds. The van der Waals surface area contributed by atoms with Gasteiger partial charge in [-0.2, -0.15) is 0 Å². The van der Waals surface area contributed by atoms with Gasteiger partial charge in [0.25, 0.3) is 0 Å². The van der Waals surface area contributed by atoms with E-state index in [1.807, 2.05) is 55.1 Å². The molecule has 0 atom stereocenters. The molecule has 10 nitrogen and oxygen atoms in total. The van der Waals surface area contributed by atoms with E-state index >= 15 is 0 Å². The first-order valence-corrected chi connectivity index (χ1v) is 16.0. The fourth-order valence-corrected chi connectivity index (χ4v) is 6.07. The number of nitrogens with one attached hydrogen (secondary N) is 3. The zero-order chi connectivity index (χ0) is 33.0. The summed E-state index contributed by atoms with van der Waals surface area (Å²) in [5.74, 6) is 1.07. The highest BCUT2D eigenvalue weighted by Crippen LogP contribution is 2.40. The Bertz CT molecular complexity index is 1760. The molecule has 0 unspecified atom stereocenters. The number of carbonyl (C=O) groups excluding carboxylic acids is 2. The molecule has 3 N–H and O–H groups in total. The number of para-hydroxylation sites is 1. The van der Waals surface area contributed by atoms with Crippen LogP contribution >= 0.6 is 0 Å². The Morgan fingerprint density at radius 2 is 1.87 bits per heavy atom. The zero-order valence-corrected chi connectivity index (χ0v) is 27.8. The summed E-state index contributed by atoms with van der Waals surface area (Å²) in [6, 6.07) is 9.94. The molecule has 10 heteroatoms. The lowest BCUT2D eigenvalue weighted by molar-refractivity contribution is -0.119. The van der Waals surface area contributed by atoms with Gasteiger partial charge in [0, 0.05) is 49.9 Å². The Morgan fingerprint density at radius 3 is 2.52 bits per heavy atom. The molecule has 0 spiro atoms. The van der Waals surface area contributed by atoms with Gasteiger partial charge in [-0.05, 0) is 63.8 Å². The van der Waals surface area contributed by atoms with E-state index in [-0.39, 0.29) is 18.4 Å². The van der Waals surface area contributed by atoms with Crippen LogP contribution in [0.1, 0.15) is 52.5 Å². The molecule has 3 heterocycles. The van der Waals surface area contributed by atoms with Crippen LogP contribution in [0.3, 0.4) is 0 Å². The van der Waals surface area contributed by atoms with Crippen LogP contribution in [0.5, 0.6) is 5.75 Å². The molecule has 5 rings (SSSR count). The Kier molecular flexibility index (Phi) is 9.84. The quantitative estimate of drug-likeness (QED) is 0.159. The standard InChI is InChI=1S/C36H45N7O3/c1-8-23(5)36(39-28-19-27(38-32(44)10-3)30(20-31(28)46-7)42-17-12-13-18-42)40-34(26(9-2)37-11-4)25-21-43-22-33(45)41(6)29-16-14-15-24(25)35(29)43/h9-10,14-16,19-21,37,39H,3,8,11-13,17-18,22H2,1-2,4-7H3,(H,38,44)/b26-9+,36-23+,40-34-. The Labute approximate surface area is 271 Å². The molecule has 0 saturated carbocycles. The molecule has 0 bridgehead atoms. The third-order valence-corrected chi connectivity index (χ3v) is 8.70. The first kappa shape index (κ1) is 32.4. The highest BCUT2D eigenvalue weighted by atomic mass is 16.5. The van der Waals surface area contributed by atoms with Crippen LogP contribution in [0.25, 0.3) is 10.9 Å². The summed E-state index contributed by atoms with van der Waals surface area (Å²) in [6.07, 6.45) is 8.28. The molecule has 242 valence electrons. The van der Waals surface area contributed by atoms with Gasteiger partial charge in [-0.25, -0.2) is 4.99 Å². The maximum Gasteiger partial charge on any atom is 0.247 e. The Hall–Kier alpha value is -4.99. The van der Waals surface area contributed by atoms with Crippen molar-refractivity contribution in [3.63, 3.8) is 0 Å². The third-order valence-electron chi connectivity index (χ3n) is 8.70. The maximum absolute atomic E-state index is 12.8. The second kappa shape index (κ2) is 14.0. The summed E-state index contributed by atoms with van der Waals surface area (Å²) in [4.78, 5) is 34.7. The number of carbonyl (C=O) groups is 2. The van der Waals surface area contributed by atoms with Crippen LogP contribution in [0.4, 0.5) is 22.7 Å². The van der Waals surface area contributed by atoms with Gasteiger partial charge < -0.3 is 35.1 Å². The molecule has 46 heavy (non-hydrogen) atoms. The van der Waals surface area contributed by atoms with Gasteiger partial charge in [0.2, 0.25) is 11.8 Å². The van der Waals surface area contributed by atoms with E-state index in [1.165, 1.54) is 6.08 Å². The summed E-state index contributed by atoms with van der Waals surface area (Å²) in [5, 5.41) is 11.1. The van der Waals surface area contributed by atoms with E-state index in [0.717, 1.165) is 77.2 Å². The highest BCUT2D eigenvalue weighted by Gasteiger charge is 2.27. The highest BCUT2D eigenvalue weighted by molar-refractivity contribution is 6.21. The van der Waals surface area contributed by atoms with Crippen molar-refractivity contribution >= 4 is 51.2 Å². The number of amides is 2. The summed E-state index contributed by atoms with van der Waals surface area (Å²) in [6.45, 7) is 14.6. The van der Waals surface area contributed by atoms with Crippen molar-refractivity contribution in [1.82, 2.24) is 9.88 Å². The van der Waals surface area contributed by atoms with Crippen LogP contribution in [0.2, 0.25) is 0 Å². The number of hydrogen-bond donors (Lipinski definition) is 3. The monoisotopic (exact) mass is 623 g/mol. The van der Waals surface area contributed by atoms with E-state index in [1.54, 1.807) is 12.0 Å². The Balaban J connectivity index is 1.68. The smallest absolute Gasteiger partial charge is 0.247 e. The summed E-state index contributed by atoms with van der Waals surface area (Å²) < 4.78 is 7.93. The predicted molar refractivity (Wildman–Crippen MR) is 189 cm³/mol. The first-order valence-electron chi connectivity index (χ1n) is 16.0. The van der Waals surface area contributed by atoms with Crippen LogP contribution < -0.4 is 30.5 Å². The van der Waals surface area contributed by atoms with Crippen LogP contribution in [-0.4, -0.2) is 55.9 Å². The molecule has 2 aliphatic rings. The van der Waals surface area contributed by atoms with E-state index in [2.05, 4.69) is 54.3 Å². The summed E-state index contributed by atoms with van der Waals surface area (Å²) in [5.41, 5.74) is 7.74. The minimum absolute atomic E-state index is 0.0338.